The second kappa shape index (κ2) is 13.7. The van der Waals surface area contributed by atoms with E-state index in [1.165, 1.54) is 30.7 Å². The monoisotopic (exact) mass is 442 g/mol. The quantitative estimate of drug-likeness (QED) is 0.158. The Morgan fingerprint density at radius 2 is 1.11 bits per heavy atom. The van der Waals surface area contributed by atoms with Crippen molar-refractivity contribution in [1.29, 1.82) is 0 Å². The van der Waals surface area contributed by atoms with Crippen LogP contribution in [-0.4, -0.2) is 57.1 Å². The van der Waals surface area contributed by atoms with Gasteiger partial charge in [0.2, 0.25) is 0 Å². The Morgan fingerprint density at radius 1 is 0.714 bits per heavy atom. The molecule has 0 fully saturated rings. The Kier molecular flexibility index (Phi) is 14.5. The third-order valence-corrected chi connectivity index (χ3v) is 6.24. The molecule has 0 amide bonds. The van der Waals surface area contributed by atoms with Crippen LogP contribution in [-0.2, 0) is 14.3 Å². The van der Waals surface area contributed by atoms with Gasteiger partial charge in [-0.15, -0.1) is 0 Å². The van der Waals surface area contributed by atoms with Gasteiger partial charge in [-0.25, -0.2) is 0 Å². The van der Waals surface area contributed by atoms with Gasteiger partial charge in [-0.05, 0) is 34.1 Å². The van der Waals surface area contributed by atoms with Crippen molar-refractivity contribution in [2.75, 3.05) is 31.9 Å². The number of halogens is 5. The summed E-state index contributed by atoms with van der Waals surface area (Å²) in [5.74, 6) is -0.842. The Morgan fingerprint density at radius 3 is 1.43 bits per heavy atom. The van der Waals surface area contributed by atoms with Crippen molar-refractivity contribution in [3.8, 4) is 0 Å². The van der Waals surface area contributed by atoms with Crippen molar-refractivity contribution in [2.24, 2.45) is 0 Å². The smallest absolute Gasteiger partial charge is 0.325 e. The number of nitrogens with zero attached hydrogens (tertiary/aromatic N) is 1. The number of hydrogen-bond donors (Lipinski definition) is 0. The normalized spacial score (nSPS) is 13.2. The number of hydrogen-bond acceptors (Lipinski definition) is 3. The molecule has 0 spiro atoms. The summed E-state index contributed by atoms with van der Waals surface area (Å²) in [4.78, 5) is 0. The summed E-state index contributed by atoms with van der Waals surface area (Å²) in [5, 5.41) is 0. The third-order valence-electron chi connectivity index (χ3n) is 4.99. The predicted molar refractivity (Wildman–Crippen MR) is 102 cm³/mol. The van der Waals surface area contributed by atoms with Crippen LogP contribution in [0.25, 0.3) is 0 Å². The van der Waals surface area contributed by atoms with E-state index in [9.17, 15) is 30.4 Å². The van der Waals surface area contributed by atoms with Gasteiger partial charge in [-0.3, -0.25) is 0 Å². The lowest BCUT2D eigenvalue weighted by Gasteiger charge is -2.34. The average Bonchev–Trinajstić information content (AvgIpc) is 2.59. The molecular formula is C18H37F5NO3S+. The highest BCUT2D eigenvalue weighted by Gasteiger charge is 2.62. The molecule has 0 saturated heterocycles. The maximum absolute atomic E-state index is 12.4. The molecule has 0 saturated carbocycles. The summed E-state index contributed by atoms with van der Waals surface area (Å²) >= 11 is 0. The zero-order valence-corrected chi connectivity index (χ0v) is 18.6. The molecular weight excluding hydrogens is 405 g/mol. The van der Waals surface area contributed by atoms with Gasteiger partial charge < -0.3 is 4.48 Å². The molecule has 0 aromatic carbocycles. The first-order chi connectivity index (χ1) is 12.8. The van der Waals surface area contributed by atoms with E-state index in [1.807, 2.05) is 6.92 Å². The Balaban J connectivity index is 0. The minimum absolute atomic E-state index is 0.0000151. The first-order valence-corrected chi connectivity index (χ1v) is 11.6. The van der Waals surface area contributed by atoms with Crippen LogP contribution >= 0.6 is 0 Å². The van der Waals surface area contributed by atoms with Crippen molar-refractivity contribution < 1.29 is 39.0 Å². The van der Waals surface area contributed by atoms with Crippen molar-refractivity contribution in [1.82, 2.24) is 0 Å². The molecule has 10 heteroatoms. The van der Waals surface area contributed by atoms with Gasteiger partial charge in [0.15, 0.2) is 0 Å². The fourth-order valence-electron chi connectivity index (χ4n) is 2.65. The summed E-state index contributed by atoms with van der Waals surface area (Å²) in [7, 11) is -4.89. The molecule has 0 aliphatic rings. The Labute approximate surface area is 167 Å². The molecule has 0 bridgehead atoms. The standard InChI is InChI=1S/C10H17F5O3S.C8H20N/c1-2-3-4-5-6-7-8-19(16,17)18-10(14,15)9(11,12)13;1-5-9(6-2,7-3)8-4/h2-8H2,1H3;5-8H2,1-4H3/q;+1. The van der Waals surface area contributed by atoms with Gasteiger partial charge >= 0.3 is 12.3 Å². The molecule has 28 heavy (non-hydrogen) atoms. The fourth-order valence-corrected chi connectivity index (χ4v) is 3.70. The Hall–Kier alpha value is -0.480. The number of quaternary nitrogens is 1. The van der Waals surface area contributed by atoms with Gasteiger partial charge in [0.05, 0.1) is 31.9 Å². The number of rotatable bonds is 13. The summed E-state index contributed by atoms with van der Waals surface area (Å²) in [6.07, 6.45) is -7.74. The highest BCUT2D eigenvalue weighted by atomic mass is 32.2. The highest BCUT2D eigenvalue weighted by Crippen LogP contribution is 2.37. The molecule has 0 aliphatic carbocycles. The summed E-state index contributed by atoms with van der Waals surface area (Å²) in [6, 6.07) is 0. The van der Waals surface area contributed by atoms with Crippen LogP contribution in [0.5, 0.6) is 0 Å². The van der Waals surface area contributed by atoms with E-state index in [0.717, 1.165) is 19.3 Å². The zero-order valence-electron chi connectivity index (χ0n) is 17.7. The predicted octanol–water partition coefficient (Wildman–Crippen LogP) is 5.73. The van der Waals surface area contributed by atoms with Gasteiger partial charge in [0, 0.05) is 0 Å². The molecule has 4 nitrogen and oxygen atoms in total. The molecule has 0 radical (unpaired) electrons. The minimum atomic E-state index is -6.04. The second-order valence-corrected chi connectivity index (χ2v) is 8.42. The van der Waals surface area contributed by atoms with Crippen molar-refractivity contribution in [3.63, 3.8) is 0 Å². The van der Waals surface area contributed by atoms with Gasteiger partial charge in [-0.2, -0.15) is 34.6 Å². The molecule has 0 heterocycles. The second-order valence-electron chi connectivity index (χ2n) is 6.73. The summed E-state index contributed by atoms with van der Waals surface area (Å²) in [5.41, 5.74) is 0. The van der Waals surface area contributed by atoms with E-state index in [-0.39, 0.29) is 6.42 Å². The number of alkyl halides is 5. The highest BCUT2D eigenvalue weighted by molar-refractivity contribution is 7.86. The van der Waals surface area contributed by atoms with Gasteiger partial charge in [-0.1, -0.05) is 39.0 Å². The lowest BCUT2D eigenvalue weighted by Crippen LogP contribution is -2.47. The van der Waals surface area contributed by atoms with Crippen LogP contribution in [0.3, 0.4) is 0 Å². The maximum Gasteiger partial charge on any atom is 0.484 e. The van der Waals surface area contributed by atoms with E-state index in [1.54, 1.807) is 0 Å². The van der Waals surface area contributed by atoms with Gasteiger partial charge in [0.1, 0.15) is 0 Å². The van der Waals surface area contributed by atoms with Crippen LogP contribution in [0.15, 0.2) is 0 Å². The molecule has 0 rings (SSSR count). The first-order valence-electron chi connectivity index (χ1n) is 9.99. The van der Waals surface area contributed by atoms with E-state index in [2.05, 4.69) is 31.9 Å². The van der Waals surface area contributed by atoms with Crippen molar-refractivity contribution in [2.45, 2.75) is 85.4 Å². The van der Waals surface area contributed by atoms with Crippen LogP contribution in [0, 0.1) is 0 Å². The van der Waals surface area contributed by atoms with E-state index in [4.69, 9.17) is 0 Å². The molecule has 0 unspecified atom stereocenters. The number of unbranched alkanes of at least 4 members (excludes halogenated alkanes) is 5. The maximum atomic E-state index is 12.4. The summed E-state index contributed by atoms with van der Waals surface area (Å²) in [6.45, 7) is 16.2. The topological polar surface area (TPSA) is 43.4 Å². The van der Waals surface area contributed by atoms with Crippen molar-refractivity contribution in [3.05, 3.63) is 0 Å². The molecule has 0 aromatic rings. The molecule has 0 aliphatic heterocycles. The Bertz CT molecular complexity index is 474. The molecule has 0 atom stereocenters. The molecule has 172 valence electrons. The van der Waals surface area contributed by atoms with E-state index in [0.29, 0.717) is 12.8 Å². The van der Waals surface area contributed by atoms with Crippen LogP contribution in [0.4, 0.5) is 22.0 Å². The largest absolute Gasteiger partial charge is 0.484 e. The van der Waals surface area contributed by atoms with E-state index >= 15 is 0 Å². The molecule has 0 N–H and O–H groups in total. The average molecular weight is 443 g/mol. The lowest BCUT2D eigenvalue weighted by molar-refractivity contribution is -0.921. The SMILES string of the molecule is CCCCCCCCS(=O)(=O)OC(F)(F)C(F)(F)F.CC[N+](CC)(CC)CC. The first kappa shape index (κ1) is 29.7. The van der Waals surface area contributed by atoms with Crippen LogP contribution in [0.1, 0.15) is 73.1 Å². The summed E-state index contributed by atoms with van der Waals surface area (Å²) < 4.78 is 86.2. The van der Waals surface area contributed by atoms with Crippen LogP contribution < -0.4 is 0 Å². The zero-order chi connectivity index (χ0) is 22.5. The van der Waals surface area contributed by atoms with Crippen molar-refractivity contribution >= 4 is 10.1 Å². The van der Waals surface area contributed by atoms with E-state index < -0.39 is 28.2 Å². The lowest BCUT2D eigenvalue weighted by atomic mass is 10.1. The minimum Gasteiger partial charge on any atom is -0.325 e. The van der Waals surface area contributed by atoms with Crippen LogP contribution in [0.2, 0.25) is 0 Å². The van der Waals surface area contributed by atoms with Gasteiger partial charge in [0.25, 0.3) is 10.1 Å². The molecule has 0 aromatic heterocycles. The third kappa shape index (κ3) is 12.2. The fraction of sp³-hybridized carbons (Fsp3) is 1.00.